The smallest absolute Gasteiger partial charge is 0.205 e. The van der Waals surface area contributed by atoms with E-state index in [9.17, 15) is 0 Å². The van der Waals surface area contributed by atoms with Crippen LogP contribution in [0.15, 0.2) is 48.5 Å². The predicted molar refractivity (Wildman–Crippen MR) is 115 cm³/mol. The quantitative estimate of drug-likeness (QED) is 0.466. The minimum atomic E-state index is 0.0751. The van der Waals surface area contributed by atoms with Gasteiger partial charge in [-0.2, -0.15) is 10.3 Å². The van der Waals surface area contributed by atoms with Gasteiger partial charge in [0, 0.05) is 12.0 Å². The summed E-state index contributed by atoms with van der Waals surface area (Å²) in [6, 6.07) is 16.7. The molecule has 0 spiro atoms. The summed E-state index contributed by atoms with van der Waals surface area (Å²) in [5.41, 5.74) is 10.1. The fourth-order valence-corrected chi connectivity index (χ4v) is 3.59. The molecular formula is C22H26N8. The van der Waals surface area contributed by atoms with Crippen molar-refractivity contribution in [3.8, 4) is 22.5 Å². The first-order valence-electron chi connectivity index (χ1n) is 10.3. The lowest BCUT2D eigenvalue weighted by atomic mass is 9.97. The minimum absolute atomic E-state index is 0.0751. The first-order chi connectivity index (χ1) is 14.7. The molecule has 8 heteroatoms. The molecule has 2 aromatic carbocycles. The Labute approximate surface area is 175 Å². The Morgan fingerprint density at radius 2 is 1.83 bits per heavy atom. The van der Waals surface area contributed by atoms with E-state index in [1.807, 2.05) is 22.9 Å². The Morgan fingerprint density at radius 1 is 1.07 bits per heavy atom. The molecule has 3 N–H and O–H groups in total. The van der Waals surface area contributed by atoms with E-state index >= 15 is 0 Å². The van der Waals surface area contributed by atoms with Gasteiger partial charge in [-0.1, -0.05) is 61.9 Å². The number of nitrogens with zero attached hydrogens (tertiary/aromatic N) is 6. The van der Waals surface area contributed by atoms with E-state index < -0.39 is 0 Å². The Bertz CT molecular complexity index is 1080. The van der Waals surface area contributed by atoms with Gasteiger partial charge in [0.1, 0.15) is 5.82 Å². The van der Waals surface area contributed by atoms with Gasteiger partial charge >= 0.3 is 0 Å². The second-order valence-corrected chi connectivity index (χ2v) is 7.28. The molecule has 0 saturated carbocycles. The van der Waals surface area contributed by atoms with Crippen LogP contribution in [-0.4, -0.2) is 35.4 Å². The van der Waals surface area contributed by atoms with E-state index in [0.29, 0.717) is 18.2 Å². The molecule has 0 aliphatic heterocycles. The third-order valence-electron chi connectivity index (χ3n) is 5.27. The highest BCUT2D eigenvalue weighted by Gasteiger charge is 2.17. The molecule has 0 saturated heterocycles. The summed E-state index contributed by atoms with van der Waals surface area (Å²) in [6.07, 6.45) is 3.11. The number of rotatable bonds is 8. The van der Waals surface area contributed by atoms with Crippen molar-refractivity contribution in [3.63, 3.8) is 0 Å². The minimum Gasteiger partial charge on any atom is -0.324 e. The molecular weight excluding hydrogens is 376 g/mol. The van der Waals surface area contributed by atoms with Crippen molar-refractivity contribution in [2.45, 2.75) is 45.7 Å². The van der Waals surface area contributed by atoms with Gasteiger partial charge in [-0.15, -0.1) is 10.2 Å². The molecule has 0 fully saturated rings. The normalized spacial score (nSPS) is 12.2. The predicted octanol–water partition coefficient (Wildman–Crippen LogP) is 3.54. The number of nitrogens with two attached hydrogens (primary N) is 1. The molecule has 4 rings (SSSR count). The average Bonchev–Trinajstić information content (AvgIpc) is 3.47. The maximum absolute atomic E-state index is 5.78. The number of unbranched alkanes of at least 4 members (excludes halogenated alkanes) is 1. The summed E-state index contributed by atoms with van der Waals surface area (Å²) in [7, 11) is 0. The largest absolute Gasteiger partial charge is 0.324 e. The molecule has 30 heavy (non-hydrogen) atoms. The molecule has 0 aliphatic carbocycles. The van der Waals surface area contributed by atoms with Crippen molar-refractivity contribution in [3.05, 3.63) is 65.7 Å². The zero-order valence-electron chi connectivity index (χ0n) is 17.3. The van der Waals surface area contributed by atoms with Gasteiger partial charge in [-0.3, -0.25) is 0 Å². The molecule has 0 radical (unpaired) electrons. The fourth-order valence-electron chi connectivity index (χ4n) is 3.59. The summed E-state index contributed by atoms with van der Waals surface area (Å²) in [6.45, 7) is 4.68. The van der Waals surface area contributed by atoms with Crippen molar-refractivity contribution < 1.29 is 0 Å². The first-order valence-corrected chi connectivity index (χ1v) is 10.3. The zero-order chi connectivity index (χ0) is 20.9. The molecule has 0 bridgehead atoms. The van der Waals surface area contributed by atoms with Crippen LogP contribution < -0.4 is 5.73 Å². The van der Waals surface area contributed by atoms with Gasteiger partial charge in [0.25, 0.3) is 0 Å². The van der Waals surface area contributed by atoms with Crippen LogP contribution in [0.2, 0.25) is 0 Å². The van der Waals surface area contributed by atoms with Gasteiger partial charge in [0.05, 0.1) is 12.6 Å². The molecule has 0 aliphatic rings. The van der Waals surface area contributed by atoms with Gasteiger partial charge < -0.3 is 5.73 Å². The van der Waals surface area contributed by atoms with Crippen LogP contribution in [0.4, 0.5) is 0 Å². The number of tetrazole rings is 1. The van der Waals surface area contributed by atoms with Gasteiger partial charge in [0.2, 0.25) is 5.82 Å². The monoisotopic (exact) mass is 402 g/mol. The van der Waals surface area contributed by atoms with E-state index in [0.717, 1.165) is 41.8 Å². The topological polar surface area (TPSA) is 111 Å². The van der Waals surface area contributed by atoms with E-state index in [2.05, 4.69) is 74.9 Å². The van der Waals surface area contributed by atoms with Gasteiger partial charge in [0.15, 0.2) is 5.82 Å². The summed E-state index contributed by atoms with van der Waals surface area (Å²) in [4.78, 5) is 4.62. The molecule has 1 atom stereocenters. The SMILES string of the molecule is CCCCc1nc(CN)nn1C(C)c1ccc(-c2ccccc2-c2nn[nH]n2)cc1. The van der Waals surface area contributed by atoms with Crippen molar-refractivity contribution in [1.29, 1.82) is 0 Å². The average molecular weight is 403 g/mol. The number of aromatic nitrogens is 7. The number of H-pyrrole nitrogens is 1. The Morgan fingerprint density at radius 3 is 2.50 bits per heavy atom. The second-order valence-electron chi connectivity index (χ2n) is 7.28. The number of aromatic amines is 1. The van der Waals surface area contributed by atoms with Crippen LogP contribution in [0.5, 0.6) is 0 Å². The van der Waals surface area contributed by atoms with Crippen molar-refractivity contribution in [2.24, 2.45) is 5.73 Å². The Hall–Kier alpha value is -3.39. The van der Waals surface area contributed by atoms with Crippen molar-refractivity contribution in [1.82, 2.24) is 35.4 Å². The fraction of sp³-hybridized carbons (Fsp3) is 0.318. The van der Waals surface area contributed by atoms with Crippen LogP contribution in [0.25, 0.3) is 22.5 Å². The third-order valence-corrected chi connectivity index (χ3v) is 5.27. The number of hydrogen-bond acceptors (Lipinski definition) is 6. The van der Waals surface area contributed by atoms with Gasteiger partial charge in [-0.05, 0) is 35.2 Å². The standard InChI is InChI=1S/C22H26N8/c1-3-4-9-21-24-20(14-23)27-30(21)15(2)16-10-12-17(13-11-16)18-7-5-6-8-19(18)22-25-28-29-26-22/h5-8,10-13,15H,3-4,9,14,23H2,1-2H3,(H,25,26,28,29). The van der Waals surface area contributed by atoms with Crippen LogP contribution >= 0.6 is 0 Å². The van der Waals surface area contributed by atoms with Crippen LogP contribution in [0, 0.1) is 0 Å². The molecule has 154 valence electrons. The summed E-state index contributed by atoms with van der Waals surface area (Å²) in [5, 5.41) is 19.1. The molecule has 1 unspecified atom stereocenters. The molecule has 0 amide bonds. The zero-order valence-corrected chi connectivity index (χ0v) is 17.3. The first kappa shape index (κ1) is 19.9. The van der Waals surface area contributed by atoms with E-state index in [4.69, 9.17) is 5.73 Å². The maximum atomic E-state index is 5.78. The van der Waals surface area contributed by atoms with Gasteiger partial charge in [-0.25, -0.2) is 9.67 Å². The highest BCUT2D eigenvalue weighted by atomic mass is 15.5. The molecule has 4 aromatic rings. The maximum Gasteiger partial charge on any atom is 0.205 e. The summed E-state index contributed by atoms with van der Waals surface area (Å²) < 4.78 is 2.01. The summed E-state index contributed by atoms with van der Waals surface area (Å²) >= 11 is 0. The lowest BCUT2D eigenvalue weighted by Crippen LogP contribution is -2.13. The number of nitrogens with one attached hydrogen (secondary N) is 1. The molecule has 2 aromatic heterocycles. The van der Waals surface area contributed by atoms with Crippen molar-refractivity contribution >= 4 is 0 Å². The number of aryl methyl sites for hydroxylation is 1. The molecule has 8 nitrogen and oxygen atoms in total. The van der Waals surface area contributed by atoms with Crippen LogP contribution in [-0.2, 0) is 13.0 Å². The Balaban J connectivity index is 1.63. The third kappa shape index (κ3) is 3.99. The van der Waals surface area contributed by atoms with E-state index in [1.165, 1.54) is 5.56 Å². The van der Waals surface area contributed by atoms with Crippen LogP contribution in [0.3, 0.4) is 0 Å². The van der Waals surface area contributed by atoms with E-state index in [1.54, 1.807) is 0 Å². The lowest BCUT2D eigenvalue weighted by molar-refractivity contribution is 0.523. The highest BCUT2D eigenvalue weighted by Crippen LogP contribution is 2.31. The number of benzene rings is 2. The number of hydrogen-bond donors (Lipinski definition) is 2. The lowest BCUT2D eigenvalue weighted by Gasteiger charge is -2.16. The van der Waals surface area contributed by atoms with Crippen LogP contribution in [0.1, 0.15) is 49.9 Å². The van der Waals surface area contributed by atoms with E-state index in [-0.39, 0.29) is 6.04 Å². The molecule has 2 heterocycles. The summed E-state index contributed by atoms with van der Waals surface area (Å²) in [5.74, 6) is 2.27. The van der Waals surface area contributed by atoms with Crippen molar-refractivity contribution in [2.75, 3.05) is 0 Å². The highest BCUT2D eigenvalue weighted by molar-refractivity contribution is 5.80. The Kier molecular flexibility index (Phi) is 5.94. The second kappa shape index (κ2) is 8.96.